The first-order valence-electron chi connectivity index (χ1n) is 15.3. The summed E-state index contributed by atoms with van der Waals surface area (Å²) in [5, 5.41) is 2.42. The van der Waals surface area contributed by atoms with Gasteiger partial charge in [-0.05, 0) is 69.6 Å². The third-order valence-electron chi connectivity index (χ3n) is 9.66. The van der Waals surface area contributed by atoms with Crippen molar-refractivity contribution in [1.29, 1.82) is 0 Å². The molecule has 0 atom stereocenters. The van der Waals surface area contributed by atoms with Gasteiger partial charge in [0.2, 0.25) is 0 Å². The van der Waals surface area contributed by atoms with Crippen LogP contribution in [0.2, 0.25) is 33.2 Å². The van der Waals surface area contributed by atoms with Gasteiger partial charge in [-0.15, -0.1) is 0 Å². The van der Waals surface area contributed by atoms with Crippen molar-refractivity contribution in [3.05, 3.63) is 60.7 Å². The molecular weight excluding hydrogens is 523 g/mol. The SMILES string of the molecule is C=C(O[Si](C(C)C)(C(C)C)C(C)C)c1ccc2c(c1)c1cc(C(=C)O[Si](C(C)C)(C(C)C)C(C)C)ccc1n2C. The van der Waals surface area contributed by atoms with Crippen molar-refractivity contribution in [2.24, 2.45) is 7.05 Å². The van der Waals surface area contributed by atoms with Gasteiger partial charge >= 0.3 is 0 Å². The Morgan fingerprint density at radius 2 is 0.825 bits per heavy atom. The smallest absolute Gasteiger partial charge is 0.258 e. The van der Waals surface area contributed by atoms with Crippen LogP contribution in [0.1, 0.15) is 94.2 Å². The normalized spacial score (nSPS) is 13.2. The van der Waals surface area contributed by atoms with E-state index in [2.05, 4.69) is 144 Å². The molecule has 5 heteroatoms. The van der Waals surface area contributed by atoms with E-state index < -0.39 is 16.6 Å². The molecule has 0 N–H and O–H groups in total. The zero-order valence-corrected chi connectivity index (χ0v) is 29.6. The highest BCUT2D eigenvalue weighted by atomic mass is 28.4. The molecule has 0 spiro atoms. The van der Waals surface area contributed by atoms with Gasteiger partial charge in [0.05, 0.1) is 0 Å². The number of hydrogen-bond donors (Lipinski definition) is 0. The first-order valence-corrected chi connectivity index (χ1v) is 19.6. The first kappa shape index (κ1) is 32.3. The van der Waals surface area contributed by atoms with E-state index in [9.17, 15) is 0 Å². The Morgan fingerprint density at radius 3 is 1.07 bits per heavy atom. The molecule has 0 aliphatic heterocycles. The zero-order valence-electron chi connectivity index (χ0n) is 27.6. The standard InChI is InChI=1S/C35H55NO2Si2/c1-22(2)39(23(3)4,24(5)6)37-28(13)30-16-18-34-32(20-30)33-21-31(17-19-35(33)36(34)15)29(14)38-40(25(7)8,26(9)10)27(11)12/h16-27H,13-14H2,1-12,15H3. The molecule has 0 bridgehead atoms. The topological polar surface area (TPSA) is 23.4 Å². The van der Waals surface area contributed by atoms with Gasteiger partial charge in [-0.2, -0.15) is 0 Å². The predicted octanol–water partition coefficient (Wildman–Crippen LogP) is 11.7. The molecule has 0 saturated carbocycles. The largest absolute Gasteiger partial charge is 0.543 e. The van der Waals surface area contributed by atoms with Gasteiger partial charge in [0.25, 0.3) is 16.6 Å². The minimum Gasteiger partial charge on any atom is -0.543 e. The zero-order chi connectivity index (χ0) is 30.3. The lowest BCUT2D eigenvalue weighted by Crippen LogP contribution is -2.47. The van der Waals surface area contributed by atoms with Crippen LogP contribution in [0.4, 0.5) is 0 Å². The van der Waals surface area contributed by atoms with E-state index in [4.69, 9.17) is 8.85 Å². The predicted molar refractivity (Wildman–Crippen MR) is 183 cm³/mol. The van der Waals surface area contributed by atoms with Crippen molar-refractivity contribution in [3.8, 4) is 0 Å². The Labute approximate surface area is 246 Å². The molecule has 0 aliphatic carbocycles. The average molecular weight is 578 g/mol. The molecule has 1 heterocycles. The number of hydrogen-bond acceptors (Lipinski definition) is 2. The lowest BCUT2D eigenvalue weighted by molar-refractivity contribution is 0.445. The second kappa shape index (κ2) is 11.9. The Balaban J connectivity index is 2.09. The minimum atomic E-state index is -2.09. The van der Waals surface area contributed by atoms with E-state index in [1.165, 1.54) is 21.8 Å². The van der Waals surface area contributed by atoms with Crippen LogP contribution in [0.15, 0.2) is 49.6 Å². The first-order chi connectivity index (χ1) is 18.5. The number of nitrogens with zero attached hydrogens (tertiary/aromatic N) is 1. The maximum atomic E-state index is 6.97. The molecule has 0 saturated heterocycles. The van der Waals surface area contributed by atoms with Gasteiger partial charge in [-0.3, -0.25) is 0 Å². The molecule has 2 aromatic carbocycles. The summed E-state index contributed by atoms with van der Waals surface area (Å²) in [6, 6.07) is 13.3. The Bertz CT molecular complexity index is 1230. The van der Waals surface area contributed by atoms with Gasteiger partial charge in [0, 0.05) is 40.0 Å². The van der Waals surface area contributed by atoms with Crippen LogP contribution in [0, 0.1) is 0 Å². The van der Waals surface area contributed by atoms with Gasteiger partial charge in [0.1, 0.15) is 11.5 Å². The number of aryl methyl sites for hydroxylation is 1. The summed E-state index contributed by atoms with van der Waals surface area (Å²) >= 11 is 0. The van der Waals surface area contributed by atoms with Crippen LogP contribution >= 0.6 is 0 Å². The molecule has 220 valence electrons. The maximum Gasteiger partial charge on any atom is 0.258 e. The quantitative estimate of drug-likeness (QED) is 0.158. The molecule has 0 amide bonds. The average Bonchev–Trinajstić information content (AvgIpc) is 3.14. The van der Waals surface area contributed by atoms with E-state index >= 15 is 0 Å². The van der Waals surface area contributed by atoms with Crippen molar-refractivity contribution in [3.63, 3.8) is 0 Å². The van der Waals surface area contributed by atoms with Crippen molar-refractivity contribution < 1.29 is 8.85 Å². The van der Waals surface area contributed by atoms with Gasteiger partial charge < -0.3 is 13.4 Å². The highest BCUT2D eigenvalue weighted by Crippen LogP contribution is 2.46. The van der Waals surface area contributed by atoms with Crippen LogP contribution in [0.25, 0.3) is 33.3 Å². The van der Waals surface area contributed by atoms with E-state index in [1.807, 2.05) is 0 Å². The summed E-state index contributed by atoms with van der Waals surface area (Å²) < 4.78 is 16.2. The molecule has 1 aromatic heterocycles. The Hall–Kier alpha value is -2.25. The number of rotatable bonds is 12. The van der Waals surface area contributed by atoms with Gasteiger partial charge in [-0.25, -0.2) is 0 Å². The molecule has 0 aliphatic rings. The van der Waals surface area contributed by atoms with Crippen LogP contribution in [-0.2, 0) is 15.9 Å². The third-order valence-corrected chi connectivity index (χ3v) is 21.7. The third kappa shape index (κ3) is 5.36. The minimum absolute atomic E-state index is 0.497. The van der Waals surface area contributed by atoms with Crippen molar-refractivity contribution in [2.75, 3.05) is 0 Å². The van der Waals surface area contributed by atoms with Crippen molar-refractivity contribution in [1.82, 2.24) is 4.57 Å². The highest BCUT2D eigenvalue weighted by Gasteiger charge is 2.48. The molecule has 3 rings (SSSR count). The van der Waals surface area contributed by atoms with E-state index in [0.717, 1.165) is 22.6 Å². The van der Waals surface area contributed by atoms with Crippen LogP contribution in [0.5, 0.6) is 0 Å². The molecule has 40 heavy (non-hydrogen) atoms. The summed E-state index contributed by atoms with van der Waals surface area (Å²) in [6.07, 6.45) is 0. The fourth-order valence-corrected chi connectivity index (χ4v) is 18.3. The molecule has 0 unspecified atom stereocenters. The Morgan fingerprint density at radius 1 is 0.550 bits per heavy atom. The number of benzene rings is 2. The number of aromatic nitrogens is 1. The maximum absolute atomic E-state index is 6.97. The van der Waals surface area contributed by atoms with E-state index in [1.54, 1.807) is 0 Å². The van der Waals surface area contributed by atoms with Gasteiger partial charge in [-0.1, -0.05) is 96.2 Å². The van der Waals surface area contributed by atoms with Crippen LogP contribution in [-0.4, -0.2) is 21.2 Å². The molecule has 3 nitrogen and oxygen atoms in total. The summed E-state index contributed by atoms with van der Waals surface area (Å²) in [5.74, 6) is 1.60. The summed E-state index contributed by atoms with van der Waals surface area (Å²) in [5.41, 5.74) is 7.50. The summed E-state index contributed by atoms with van der Waals surface area (Å²) in [6.45, 7) is 36.7. The second-order valence-electron chi connectivity index (χ2n) is 13.7. The second-order valence-corrected chi connectivity index (χ2v) is 24.5. The Kier molecular flexibility index (Phi) is 9.63. The molecule has 0 radical (unpaired) electrons. The summed E-state index contributed by atoms with van der Waals surface area (Å²) in [4.78, 5) is 0. The lowest BCUT2D eigenvalue weighted by Gasteiger charge is -2.42. The molecule has 3 aromatic rings. The number of fused-ring (bicyclic) bond motifs is 3. The fourth-order valence-electron chi connectivity index (χ4n) is 7.82. The van der Waals surface area contributed by atoms with Crippen LogP contribution < -0.4 is 0 Å². The van der Waals surface area contributed by atoms with E-state index in [-0.39, 0.29) is 0 Å². The van der Waals surface area contributed by atoms with Gasteiger partial charge in [0.15, 0.2) is 0 Å². The van der Waals surface area contributed by atoms with Crippen LogP contribution in [0.3, 0.4) is 0 Å². The fraction of sp³-hybridized carbons (Fsp3) is 0.543. The monoisotopic (exact) mass is 577 g/mol. The van der Waals surface area contributed by atoms with Crippen molar-refractivity contribution in [2.45, 2.75) is 116 Å². The van der Waals surface area contributed by atoms with E-state index in [0.29, 0.717) is 33.2 Å². The lowest BCUT2D eigenvalue weighted by atomic mass is 10.1. The molecular formula is C35H55NO2Si2. The highest BCUT2D eigenvalue weighted by molar-refractivity contribution is 6.78. The summed E-state index contributed by atoms with van der Waals surface area (Å²) in [7, 11) is -2.04. The van der Waals surface area contributed by atoms with Crippen molar-refractivity contribution >= 4 is 50.0 Å². The molecule has 0 fully saturated rings.